The molecule has 3 aromatic rings. The summed E-state index contributed by atoms with van der Waals surface area (Å²) in [6.07, 6.45) is -2.72. The van der Waals surface area contributed by atoms with Gasteiger partial charge in [0.1, 0.15) is 19.0 Å². The Morgan fingerprint density at radius 3 is 2.58 bits per heavy atom. The molecule has 33 heavy (non-hydrogen) atoms. The maximum Gasteiger partial charge on any atom is 0.419 e. The summed E-state index contributed by atoms with van der Waals surface area (Å²) in [5.74, 6) is 0.392. The molecule has 0 saturated carbocycles. The zero-order chi connectivity index (χ0) is 23.2. The number of halogens is 3. The van der Waals surface area contributed by atoms with Crippen LogP contribution in [-0.4, -0.2) is 42.2 Å². The lowest BCUT2D eigenvalue weighted by molar-refractivity contribution is -0.138. The van der Waals surface area contributed by atoms with Crippen molar-refractivity contribution in [1.82, 2.24) is 9.47 Å². The van der Waals surface area contributed by atoms with E-state index in [1.54, 1.807) is 11.0 Å². The molecule has 1 aromatic heterocycles. The lowest BCUT2D eigenvalue weighted by Crippen LogP contribution is -2.42. The minimum Gasteiger partial charge on any atom is -0.496 e. The molecule has 1 atom stereocenters. The van der Waals surface area contributed by atoms with Crippen molar-refractivity contribution in [3.8, 4) is 17.2 Å². The second-order valence-corrected chi connectivity index (χ2v) is 7.84. The van der Waals surface area contributed by atoms with Gasteiger partial charge in [0.15, 0.2) is 11.5 Å². The van der Waals surface area contributed by atoms with Crippen molar-refractivity contribution in [2.24, 2.45) is 0 Å². The number of methoxy groups -OCH3 is 1. The number of hydrogen-bond acceptors (Lipinski definition) is 4. The standard InChI is InChI=1S/C24H21F3N2O4/c1-31-19-6-5-16(13-17(19)24(25,26)27)23(30)29-10-9-28-8-2-3-18(28)22(29)15-4-7-20-21(14-15)33-12-11-32-20/h2-8,13-14,22H,9-12H2,1H3/t22-/m0/s1. The molecule has 9 heteroatoms. The maximum atomic E-state index is 13.5. The van der Waals surface area contributed by atoms with Crippen LogP contribution >= 0.6 is 0 Å². The molecule has 0 aliphatic carbocycles. The minimum atomic E-state index is -4.65. The molecule has 0 bridgehead atoms. The third kappa shape index (κ3) is 3.77. The summed E-state index contributed by atoms with van der Waals surface area (Å²) in [6.45, 7) is 1.76. The Labute approximate surface area is 188 Å². The quantitative estimate of drug-likeness (QED) is 0.579. The lowest BCUT2D eigenvalue weighted by atomic mass is 9.97. The summed E-state index contributed by atoms with van der Waals surface area (Å²) >= 11 is 0. The molecule has 5 rings (SSSR count). The zero-order valence-electron chi connectivity index (χ0n) is 17.8. The number of benzene rings is 2. The van der Waals surface area contributed by atoms with Crippen LogP contribution in [0.25, 0.3) is 0 Å². The fraction of sp³-hybridized carbons (Fsp3) is 0.292. The van der Waals surface area contributed by atoms with Gasteiger partial charge in [-0.1, -0.05) is 6.07 Å². The largest absolute Gasteiger partial charge is 0.496 e. The van der Waals surface area contributed by atoms with Crippen LogP contribution in [-0.2, 0) is 12.7 Å². The van der Waals surface area contributed by atoms with Gasteiger partial charge in [0.05, 0.1) is 18.7 Å². The molecule has 1 amide bonds. The lowest BCUT2D eigenvalue weighted by Gasteiger charge is -2.38. The van der Waals surface area contributed by atoms with Crippen molar-refractivity contribution in [2.75, 3.05) is 26.9 Å². The molecule has 2 aromatic carbocycles. The van der Waals surface area contributed by atoms with E-state index in [2.05, 4.69) is 0 Å². The number of carbonyl (C=O) groups is 1. The van der Waals surface area contributed by atoms with Crippen molar-refractivity contribution in [3.63, 3.8) is 0 Å². The first-order chi connectivity index (χ1) is 15.9. The molecule has 2 aliphatic rings. The van der Waals surface area contributed by atoms with Gasteiger partial charge in [-0.3, -0.25) is 4.79 Å². The first kappa shape index (κ1) is 21.2. The van der Waals surface area contributed by atoms with Gasteiger partial charge < -0.3 is 23.7 Å². The summed E-state index contributed by atoms with van der Waals surface area (Å²) < 4.78 is 58.8. The molecule has 6 nitrogen and oxygen atoms in total. The number of hydrogen-bond donors (Lipinski definition) is 0. The van der Waals surface area contributed by atoms with Gasteiger partial charge in [-0.25, -0.2) is 0 Å². The molecule has 3 heterocycles. The third-order valence-corrected chi connectivity index (χ3v) is 5.93. The number of alkyl halides is 3. The number of ether oxygens (including phenoxy) is 3. The Morgan fingerprint density at radius 2 is 1.82 bits per heavy atom. The van der Waals surface area contributed by atoms with E-state index in [1.807, 2.05) is 35.0 Å². The fourth-order valence-electron chi connectivity index (χ4n) is 4.41. The van der Waals surface area contributed by atoms with Crippen LogP contribution in [0.5, 0.6) is 17.2 Å². The second-order valence-electron chi connectivity index (χ2n) is 7.84. The zero-order valence-corrected chi connectivity index (χ0v) is 17.8. The van der Waals surface area contributed by atoms with E-state index in [0.717, 1.165) is 17.3 Å². The van der Waals surface area contributed by atoms with Gasteiger partial charge in [-0.15, -0.1) is 0 Å². The molecule has 0 unspecified atom stereocenters. The highest BCUT2D eigenvalue weighted by Gasteiger charge is 2.37. The van der Waals surface area contributed by atoms with Gasteiger partial charge >= 0.3 is 6.18 Å². The Morgan fingerprint density at radius 1 is 1.03 bits per heavy atom. The predicted molar refractivity (Wildman–Crippen MR) is 113 cm³/mol. The van der Waals surface area contributed by atoms with E-state index >= 15 is 0 Å². The first-order valence-electron chi connectivity index (χ1n) is 10.5. The summed E-state index contributed by atoms with van der Waals surface area (Å²) in [5, 5.41) is 0. The van der Waals surface area contributed by atoms with E-state index in [0.29, 0.717) is 37.8 Å². The highest BCUT2D eigenvalue weighted by atomic mass is 19.4. The van der Waals surface area contributed by atoms with Gasteiger partial charge in [0, 0.05) is 30.5 Å². The molecule has 0 radical (unpaired) electrons. The Kier molecular flexibility index (Phi) is 5.19. The summed E-state index contributed by atoms with van der Waals surface area (Å²) in [4.78, 5) is 15.1. The van der Waals surface area contributed by atoms with Crippen molar-refractivity contribution < 1.29 is 32.2 Å². The van der Waals surface area contributed by atoms with Gasteiger partial charge in [-0.05, 0) is 48.0 Å². The minimum absolute atomic E-state index is 0.0503. The van der Waals surface area contributed by atoms with E-state index in [1.165, 1.54) is 19.2 Å². The highest BCUT2D eigenvalue weighted by Crippen LogP contribution is 2.40. The number of carbonyl (C=O) groups excluding carboxylic acids is 1. The summed E-state index contributed by atoms with van der Waals surface area (Å²) in [7, 11) is 1.17. The SMILES string of the molecule is COc1ccc(C(=O)N2CCn3cccc3[C@@H]2c2ccc3c(c2)OCCO3)cc1C(F)(F)F. The van der Waals surface area contributed by atoms with Crippen LogP contribution in [0.1, 0.15) is 33.2 Å². The second kappa shape index (κ2) is 8.06. The monoisotopic (exact) mass is 458 g/mol. The number of amides is 1. The fourth-order valence-corrected chi connectivity index (χ4v) is 4.41. The van der Waals surface area contributed by atoms with E-state index in [9.17, 15) is 18.0 Å². The van der Waals surface area contributed by atoms with Crippen molar-refractivity contribution in [3.05, 3.63) is 77.1 Å². The van der Waals surface area contributed by atoms with Crippen LogP contribution in [0.3, 0.4) is 0 Å². The van der Waals surface area contributed by atoms with Crippen molar-refractivity contribution >= 4 is 5.91 Å². The Hall–Kier alpha value is -3.62. The third-order valence-electron chi connectivity index (χ3n) is 5.93. The number of rotatable bonds is 3. The number of fused-ring (bicyclic) bond motifs is 2. The van der Waals surface area contributed by atoms with E-state index in [-0.39, 0.29) is 11.3 Å². The van der Waals surface area contributed by atoms with Crippen LogP contribution in [0.2, 0.25) is 0 Å². The molecular weight excluding hydrogens is 437 g/mol. The van der Waals surface area contributed by atoms with E-state index < -0.39 is 23.7 Å². The molecule has 0 N–H and O–H groups in total. The van der Waals surface area contributed by atoms with Crippen LogP contribution < -0.4 is 14.2 Å². The smallest absolute Gasteiger partial charge is 0.419 e. The van der Waals surface area contributed by atoms with Crippen LogP contribution in [0.4, 0.5) is 13.2 Å². The average Bonchev–Trinajstić information content (AvgIpc) is 3.30. The van der Waals surface area contributed by atoms with E-state index in [4.69, 9.17) is 14.2 Å². The average molecular weight is 458 g/mol. The van der Waals surface area contributed by atoms with Gasteiger partial charge in [0.25, 0.3) is 5.91 Å². The first-order valence-corrected chi connectivity index (χ1v) is 10.5. The number of nitrogens with zero attached hydrogens (tertiary/aromatic N) is 2. The maximum absolute atomic E-state index is 13.5. The summed E-state index contributed by atoms with van der Waals surface area (Å²) in [5.41, 5.74) is 0.630. The molecule has 0 saturated heterocycles. The van der Waals surface area contributed by atoms with Gasteiger partial charge in [0.2, 0.25) is 0 Å². The molecule has 172 valence electrons. The number of aromatic nitrogens is 1. The van der Waals surface area contributed by atoms with Crippen molar-refractivity contribution in [2.45, 2.75) is 18.8 Å². The highest BCUT2D eigenvalue weighted by molar-refractivity contribution is 5.95. The van der Waals surface area contributed by atoms with Crippen molar-refractivity contribution in [1.29, 1.82) is 0 Å². The van der Waals surface area contributed by atoms with Crippen LogP contribution in [0, 0.1) is 0 Å². The molecule has 2 aliphatic heterocycles. The molecule has 0 fully saturated rings. The van der Waals surface area contributed by atoms with Crippen LogP contribution in [0.15, 0.2) is 54.7 Å². The molecular formula is C24H21F3N2O4. The molecule has 0 spiro atoms. The van der Waals surface area contributed by atoms with Gasteiger partial charge in [-0.2, -0.15) is 13.2 Å². The Bertz CT molecular complexity index is 1200. The normalized spacial score (nSPS) is 17.5. The predicted octanol–water partition coefficient (Wildman–Crippen LogP) is 4.53. The topological polar surface area (TPSA) is 52.9 Å². The summed E-state index contributed by atoms with van der Waals surface area (Å²) in [6, 6.07) is 12.2. The Balaban J connectivity index is 1.56.